The molecule has 0 atom stereocenters. The first-order valence-electron chi connectivity index (χ1n) is 26.4. The molecule has 0 N–H and O–H groups in total. The third-order valence-electron chi connectivity index (χ3n) is 14.5. The highest BCUT2D eigenvalue weighted by atomic mass is 16.5. The fourth-order valence-corrected chi connectivity index (χ4v) is 10.7. The number of fused-ring (bicyclic) bond motifs is 4. The molecule has 8 nitrogen and oxygen atoms in total. The second-order valence-electron chi connectivity index (χ2n) is 19.6. The molecule has 0 saturated carbocycles. The Labute approximate surface area is 458 Å². The van der Waals surface area contributed by atoms with E-state index in [0.717, 1.165) is 134 Å². The molecule has 5 heterocycles. The van der Waals surface area contributed by atoms with Crippen LogP contribution in [0, 0.1) is 6.92 Å². The van der Waals surface area contributed by atoms with Gasteiger partial charge in [0.1, 0.15) is 24.7 Å². The predicted molar refractivity (Wildman–Crippen MR) is 323 cm³/mol. The van der Waals surface area contributed by atoms with Crippen LogP contribution >= 0.6 is 0 Å². The molecule has 0 bridgehead atoms. The van der Waals surface area contributed by atoms with Gasteiger partial charge >= 0.3 is 0 Å². The van der Waals surface area contributed by atoms with Crippen molar-refractivity contribution in [3.05, 3.63) is 278 Å². The van der Waals surface area contributed by atoms with Crippen molar-refractivity contribution in [3.63, 3.8) is 0 Å². The number of ether oxygens (including phenoxy) is 2. The molecule has 0 unspecified atom stereocenters. The van der Waals surface area contributed by atoms with Crippen molar-refractivity contribution in [1.29, 1.82) is 0 Å². The fraction of sp³-hybridized carbons (Fsp3) is 0.0423. The van der Waals surface area contributed by atoms with E-state index < -0.39 is 0 Å². The molecule has 0 spiro atoms. The number of hydrogen-bond donors (Lipinski definition) is 0. The summed E-state index contributed by atoms with van der Waals surface area (Å²) in [6.45, 7) is 6.67. The van der Waals surface area contributed by atoms with Crippen LogP contribution in [-0.4, -0.2) is 30.8 Å². The molecule has 378 valence electrons. The van der Waals surface area contributed by atoms with Crippen LogP contribution in [0.5, 0.6) is 11.5 Å². The standard InChI is InChI=1S/C71H52N6O2/c1-48-61-43-59(78-46-49-37-64(51-17-7-3-8-18-51)74-65(38-49)52-19-9-4-10-20-52)29-31-69(61)76(68(48)33-35-72-2)57-27-15-25-55(41-57)56-26-16-28-58(42-56)77-70-32-30-60(44-62(70)63-45-73-36-34-71(63)77)79-47-50-39-66(53-21-11-5-12-22-53)75-67(40-50)54-23-13-6-14-24-54/h3-45H,2,46-47H2,1H3/b35-33-. The molecule has 0 radical (unpaired) electrons. The van der Waals surface area contributed by atoms with Gasteiger partial charge in [0, 0.05) is 68.4 Å². The number of aliphatic imine (C=N–C) groups is 1. The molecular weight excluding hydrogens is 969 g/mol. The summed E-state index contributed by atoms with van der Waals surface area (Å²) in [6.07, 6.45) is 7.58. The second kappa shape index (κ2) is 21.3. The Morgan fingerprint density at radius 2 is 0.861 bits per heavy atom. The number of benzene rings is 8. The first-order valence-corrected chi connectivity index (χ1v) is 26.4. The Kier molecular flexibility index (Phi) is 13.0. The maximum Gasteiger partial charge on any atom is 0.120 e. The van der Waals surface area contributed by atoms with Gasteiger partial charge in [-0.3, -0.25) is 9.98 Å². The lowest BCUT2D eigenvalue weighted by molar-refractivity contribution is 0.306. The van der Waals surface area contributed by atoms with Gasteiger partial charge in [-0.05, 0) is 139 Å². The number of nitrogens with zero attached hydrogens (tertiary/aromatic N) is 6. The summed E-state index contributed by atoms with van der Waals surface area (Å²) in [5.74, 6) is 1.55. The summed E-state index contributed by atoms with van der Waals surface area (Å²) >= 11 is 0. The summed E-state index contributed by atoms with van der Waals surface area (Å²) in [4.78, 5) is 18.8. The molecular formula is C71H52N6O2. The number of hydrogen-bond acceptors (Lipinski definition) is 6. The summed E-state index contributed by atoms with van der Waals surface area (Å²) < 4.78 is 17.8. The molecule has 13 rings (SSSR count). The average Bonchev–Trinajstić information content (AvgIpc) is 4.21. The van der Waals surface area contributed by atoms with Crippen molar-refractivity contribution in [1.82, 2.24) is 24.1 Å². The van der Waals surface area contributed by atoms with Crippen LogP contribution in [0.4, 0.5) is 0 Å². The number of rotatable bonds is 15. The van der Waals surface area contributed by atoms with Crippen molar-refractivity contribution in [3.8, 4) is 79.0 Å². The molecule has 8 heteroatoms. The summed E-state index contributed by atoms with van der Waals surface area (Å²) in [6, 6.07) is 81.9. The van der Waals surface area contributed by atoms with Gasteiger partial charge in [-0.1, -0.05) is 146 Å². The summed E-state index contributed by atoms with van der Waals surface area (Å²) in [7, 11) is 0. The maximum absolute atomic E-state index is 6.61. The van der Waals surface area contributed by atoms with Crippen LogP contribution in [0.1, 0.15) is 22.4 Å². The van der Waals surface area contributed by atoms with E-state index in [1.165, 1.54) is 0 Å². The van der Waals surface area contributed by atoms with Crippen LogP contribution in [0.2, 0.25) is 0 Å². The SMILES string of the molecule is C=N/C=C\c1c(C)c2cc(OCc3cc(-c4ccccc4)nc(-c4ccccc4)c3)ccc2n1-c1cccc(-c2cccc(-n3c4ccncc4c4cc(OCc5cc(-c6ccccc6)nc(-c6ccccc6)c5)ccc43)c2)c1. The molecule has 8 aromatic carbocycles. The second-order valence-corrected chi connectivity index (χ2v) is 19.6. The van der Waals surface area contributed by atoms with Crippen LogP contribution in [0.25, 0.3) is 106 Å². The molecule has 5 aromatic heterocycles. The third-order valence-corrected chi connectivity index (χ3v) is 14.5. The predicted octanol–water partition coefficient (Wildman–Crippen LogP) is 17.4. The Balaban J connectivity index is 0.800. The number of aryl methyl sites for hydroxylation is 1. The van der Waals surface area contributed by atoms with Crippen LogP contribution in [-0.2, 0) is 13.2 Å². The molecule has 0 aliphatic heterocycles. The lowest BCUT2D eigenvalue weighted by atomic mass is 10.0. The molecule has 0 amide bonds. The minimum Gasteiger partial charge on any atom is -0.489 e. The van der Waals surface area contributed by atoms with Crippen molar-refractivity contribution >= 4 is 45.5 Å². The van der Waals surface area contributed by atoms with Crippen molar-refractivity contribution in [2.45, 2.75) is 20.1 Å². The van der Waals surface area contributed by atoms with E-state index in [1.807, 2.05) is 91.3 Å². The van der Waals surface area contributed by atoms with E-state index >= 15 is 0 Å². The van der Waals surface area contributed by atoms with E-state index in [-0.39, 0.29) is 0 Å². The van der Waals surface area contributed by atoms with E-state index in [9.17, 15) is 0 Å². The van der Waals surface area contributed by atoms with Gasteiger partial charge in [0.25, 0.3) is 0 Å². The average molecular weight is 1020 g/mol. The number of pyridine rings is 3. The molecule has 0 aliphatic rings. The summed E-state index contributed by atoms with van der Waals surface area (Å²) in [5.41, 5.74) is 19.4. The first-order chi connectivity index (χ1) is 39.0. The van der Waals surface area contributed by atoms with Crippen molar-refractivity contribution in [2.75, 3.05) is 0 Å². The monoisotopic (exact) mass is 1020 g/mol. The Morgan fingerprint density at radius 1 is 0.430 bits per heavy atom. The highest BCUT2D eigenvalue weighted by molar-refractivity contribution is 6.09. The Bertz CT molecular complexity index is 4280. The van der Waals surface area contributed by atoms with E-state index in [2.05, 4.69) is 197 Å². The Morgan fingerprint density at radius 3 is 1.34 bits per heavy atom. The van der Waals surface area contributed by atoms with E-state index in [0.29, 0.717) is 13.2 Å². The van der Waals surface area contributed by atoms with Gasteiger partial charge in [-0.2, -0.15) is 0 Å². The van der Waals surface area contributed by atoms with Crippen LogP contribution in [0.3, 0.4) is 0 Å². The highest BCUT2D eigenvalue weighted by Crippen LogP contribution is 2.38. The van der Waals surface area contributed by atoms with Gasteiger partial charge in [-0.15, -0.1) is 0 Å². The van der Waals surface area contributed by atoms with Gasteiger partial charge < -0.3 is 18.6 Å². The zero-order valence-corrected chi connectivity index (χ0v) is 43.4. The summed E-state index contributed by atoms with van der Waals surface area (Å²) in [5, 5.41) is 3.18. The molecule has 0 saturated heterocycles. The van der Waals surface area contributed by atoms with Gasteiger partial charge in [-0.25, -0.2) is 9.97 Å². The van der Waals surface area contributed by atoms with Gasteiger partial charge in [0.05, 0.1) is 45.0 Å². The third kappa shape index (κ3) is 9.75. The minimum atomic E-state index is 0.378. The van der Waals surface area contributed by atoms with Crippen molar-refractivity contribution < 1.29 is 9.47 Å². The molecule has 0 fully saturated rings. The molecule has 13 aromatic rings. The van der Waals surface area contributed by atoms with Gasteiger partial charge in [0.2, 0.25) is 0 Å². The topological polar surface area (TPSA) is 79.4 Å². The molecule has 79 heavy (non-hydrogen) atoms. The quantitative estimate of drug-likeness (QED) is 0.0956. The largest absolute Gasteiger partial charge is 0.489 e. The lowest BCUT2D eigenvalue weighted by Crippen LogP contribution is -1.99. The smallest absolute Gasteiger partial charge is 0.120 e. The van der Waals surface area contributed by atoms with Gasteiger partial charge in [0.15, 0.2) is 0 Å². The highest BCUT2D eigenvalue weighted by Gasteiger charge is 2.19. The maximum atomic E-state index is 6.61. The fourth-order valence-electron chi connectivity index (χ4n) is 10.7. The van der Waals surface area contributed by atoms with E-state index in [1.54, 1.807) is 6.20 Å². The van der Waals surface area contributed by atoms with Crippen LogP contribution in [0.15, 0.2) is 260 Å². The van der Waals surface area contributed by atoms with E-state index in [4.69, 9.17) is 19.4 Å². The van der Waals surface area contributed by atoms with Crippen molar-refractivity contribution in [2.24, 2.45) is 4.99 Å². The minimum absolute atomic E-state index is 0.378. The Hall–Kier alpha value is -10.4. The first kappa shape index (κ1) is 48.2. The zero-order valence-electron chi connectivity index (χ0n) is 43.4. The zero-order chi connectivity index (χ0) is 53.1. The van der Waals surface area contributed by atoms with Crippen LogP contribution < -0.4 is 9.47 Å². The number of aromatic nitrogens is 5. The molecule has 0 aliphatic carbocycles. The lowest BCUT2D eigenvalue weighted by Gasteiger charge is -2.14. The normalized spacial score (nSPS) is 11.5.